The Morgan fingerprint density at radius 2 is 2.00 bits per heavy atom. The standard InChI is InChI=1S/C17H18BrClFN/c1-2-9-21-17(13-5-3-4-6-14(13)18)11-12-7-8-15(19)16(20)10-12/h3-8,10,17,21H,2,9,11H2,1H3. The Morgan fingerprint density at radius 1 is 1.24 bits per heavy atom. The number of hydrogen-bond donors (Lipinski definition) is 1. The molecule has 112 valence electrons. The second kappa shape index (κ2) is 7.92. The van der Waals surface area contributed by atoms with E-state index < -0.39 is 0 Å². The molecule has 0 radical (unpaired) electrons. The maximum absolute atomic E-state index is 13.6. The summed E-state index contributed by atoms with van der Waals surface area (Å²) in [6.07, 6.45) is 1.77. The summed E-state index contributed by atoms with van der Waals surface area (Å²) in [4.78, 5) is 0. The average Bonchev–Trinajstić information content (AvgIpc) is 2.48. The topological polar surface area (TPSA) is 12.0 Å². The molecule has 21 heavy (non-hydrogen) atoms. The maximum atomic E-state index is 13.6. The molecule has 0 saturated heterocycles. The lowest BCUT2D eigenvalue weighted by Crippen LogP contribution is -2.24. The molecular weight excluding hydrogens is 353 g/mol. The van der Waals surface area contributed by atoms with Crippen LogP contribution in [0.4, 0.5) is 4.39 Å². The van der Waals surface area contributed by atoms with Gasteiger partial charge in [0.25, 0.3) is 0 Å². The molecule has 0 bridgehead atoms. The summed E-state index contributed by atoms with van der Waals surface area (Å²) in [7, 11) is 0. The van der Waals surface area contributed by atoms with E-state index in [1.165, 1.54) is 11.6 Å². The van der Waals surface area contributed by atoms with Gasteiger partial charge in [-0.05, 0) is 48.7 Å². The summed E-state index contributed by atoms with van der Waals surface area (Å²) in [5.74, 6) is -0.365. The lowest BCUT2D eigenvalue weighted by molar-refractivity contribution is 0.525. The number of nitrogens with one attached hydrogen (secondary N) is 1. The van der Waals surface area contributed by atoms with Crippen molar-refractivity contribution >= 4 is 27.5 Å². The zero-order valence-corrected chi connectivity index (χ0v) is 14.2. The molecule has 0 aliphatic rings. The van der Waals surface area contributed by atoms with Gasteiger partial charge < -0.3 is 5.32 Å². The number of halogens is 3. The van der Waals surface area contributed by atoms with Gasteiger partial charge in [-0.2, -0.15) is 0 Å². The maximum Gasteiger partial charge on any atom is 0.142 e. The molecule has 1 atom stereocenters. The van der Waals surface area contributed by atoms with E-state index in [-0.39, 0.29) is 16.9 Å². The smallest absolute Gasteiger partial charge is 0.142 e. The van der Waals surface area contributed by atoms with Crippen molar-refractivity contribution in [2.45, 2.75) is 25.8 Å². The third kappa shape index (κ3) is 4.53. The molecule has 0 aromatic heterocycles. The first-order valence-electron chi connectivity index (χ1n) is 7.03. The van der Waals surface area contributed by atoms with Crippen molar-refractivity contribution in [1.82, 2.24) is 5.32 Å². The van der Waals surface area contributed by atoms with Gasteiger partial charge in [0.15, 0.2) is 0 Å². The Kier molecular flexibility index (Phi) is 6.22. The quantitative estimate of drug-likeness (QED) is 0.705. The molecule has 0 saturated carbocycles. The van der Waals surface area contributed by atoms with E-state index in [4.69, 9.17) is 11.6 Å². The lowest BCUT2D eigenvalue weighted by atomic mass is 9.98. The summed E-state index contributed by atoms with van der Waals surface area (Å²) in [5.41, 5.74) is 2.11. The monoisotopic (exact) mass is 369 g/mol. The second-order valence-electron chi connectivity index (χ2n) is 4.98. The molecule has 0 heterocycles. The second-order valence-corrected chi connectivity index (χ2v) is 6.24. The van der Waals surface area contributed by atoms with E-state index in [0.29, 0.717) is 0 Å². The molecule has 0 amide bonds. The van der Waals surface area contributed by atoms with E-state index in [9.17, 15) is 4.39 Å². The van der Waals surface area contributed by atoms with Gasteiger partial charge in [0.1, 0.15) is 5.82 Å². The molecule has 4 heteroatoms. The van der Waals surface area contributed by atoms with Gasteiger partial charge in [0.05, 0.1) is 5.02 Å². The van der Waals surface area contributed by atoms with Gasteiger partial charge >= 0.3 is 0 Å². The van der Waals surface area contributed by atoms with Gasteiger partial charge in [0, 0.05) is 10.5 Å². The van der Waals surface area contributed by atoms with Gasteiger partial charge in [-0.25, -0.2) is 4.39 Å². The summed E-state index contributed by atoms with van der Waals surface area (Å²) in [6.45, 7) is 3.05. The number of benzene rings is 2. The van der Waals surface area contributed by atoms with Crippen LogP contribution in [-0.4, -0.2) is 6.54 Å². The molecule has 0 spiro atoms. The van der Waals surface area contributed by atoms with Crippen LogP contribution in [0.25, 0.3) is 0 Å². The van der Waals surface area contributed by atoms with Crippen LogP contribution in [0, 0.1) is 5.82 Å². The largest absolute Gasteiger partial charge is 0.310 e. The van der Waals surface area contributed by atoms with Crippen LogP contribution in [-0.2, 0) is 6.42 Å². The van der Waals surface area contributed by atoms with E-state index >= 15 is 0 Å². The Morgan fingerprint density at radius 3 is 2.67 bits per heavy atom. The van der Waals surface area contributed by atoms with Crippen LogP contribution in [0.5, 0.6) is 0 Å². The van der Waals surface area contributed by atoms with E-state index in [1.807, 2.05) is 24.3 Å². The normalized spacial score (nSPS) is 12.4. The van der Waals surface area contributed by atoms with Gasteiger partial charge in [-0.3, -0.25) is 0 Å². The highest BCUT2D eigenvalue weighted by Gasteiger charge is 2.15. The molecule has 2 aromatic carbocycles. The van der Waals surface area contributed by atoms with Crippen molar-refractivity contribution in [2.24, 2.45) is 0 Å². The van der Waals surface area contributed by atoms with Gasteiger partial charge in [0.2, 0.25) is 0 Å². The first-order chi connectivity index (χ1) is 10.1. The summed E-state index contributed by atoms with van der Waals surface area (Å²) in [5, 5.41) is 3.69. The van der Waals surface area contributed by atoms with E-state index in [1.54, 1.807) is 6.07 Å². The minimum Gasteiger partial charge on any atom is -0.310 e. The Balaban J connectivity index is 2.24. The highest BCUT2D eigenvalue weighted by Crippen LogP contribution is 2.27. The predicted molar refractivity (Wildman–Crippen MR) is 90.3 cm³/mol. The van der Waals surface area contributed by atoms with Crippen LogP contribution in [0.15, 0.2) is 46.9 Å². The van der Waals surface area contributed by atoms with Crippen molar-refractivity contribution < 1.29 is 4.39 Å². The molecule has 2 rings (SSSR count). The minimum atomic E-state index is -0.365. The Hall–Kier alpha value is -0.900. The summed E-state index contributed by atoms with van der Waals surface area (Å²) < 4.78 is 14.7. The summed E-state index contributed by atoms with van der Waals surface area (Å²) in [6, 6.07) is 13.3. The molecule has 0 fully saturated rings. The molecular formula is C17H18BrClFN. The molecule has 0 aliphatic carbocycles. The fourth-order valence-corrected chi connectivity index (χ4v) is 2.95. The van der Waals surface area contributed by atoms with E-state index in [0.717, 1.165) is 29.4 Å². The first-order valence-corrected chi connectivity index (χ1v) is 8.20. The van der Waals surface area contributed by atoms with Crippen LogP contribution >= 0.6 is 27.5 Å². The molecule has 0 aliphatic heterocycles. The van der Waals surface area contributed by atoms with Crippen molar-refractivity contribution in [1.29, 1.82) is 0 Å². The highest BCUT2D eigenvalue weighted by atomic mass is 79.9. The number of hydrogen-bond acceptors (Lipinski definition) is 1. The van der Waals surface area contributed by atoms with Crippen LogP contribution < -0.4 is 5.32 Å². The summed E-state index contributed by atoms with van der Waals surface area (Å²) >= 11 is 9.34. The average molecular weight is 371 g/mol. The van der Waals surface area contributed by atoms with Crippen LogP contribution in [0.3, 0.4) is 0 Å². The molecule has 1 unspecified atom stereocenters. The minimum absolute atomic E-state index is 0.140. The van der Waals surface area contributed by atoms with Crippen molar-refractivity contribution in [2.75, 3.05) is 6.54 Å². The van der Waals surface area contributed by atoms with Gasteiger partial charge in [-0.15, -0.1) is 0 Å². The molecule has 1 nitrogen and oxygen atoms in total. The zero-order chi connectivity index (χ0) is 15.2. The highest BCUT2D eigenvalue weighted by molar-refractivity contribution is 9.10. The fraction of sp³-hybridized carbons (Fsp3) is 0.294. The van der Waals surface area contributed by atoms with Crippen molar-refractivity contribution in [3.63, 3.8) is 0 Å². The Labute approximate surface area is 138 Å². The van der Waals surface area contributed by atoms with Crippen molar-refractivity contribution in [3.05, 3.63) is 68.9 Å². The molecule has 1 N–H and O–H groups in total. The number of rotatable bonds is 6. The lowest BCUT2D eigenvalue weighted by Gasteiger charge is -2.20. The van der Waals surface area contributed by atoms with Gasteiger partial charge in [-0.1, -0.05) is 58.7 Å². The Bertz CT molecular complexity index is 603. The predicted octanol–water partition coefficient (Wildman–Crippen LogP) is 5.53. The first kappa shape index (κ1) is 16.5. The third-order valence-corrected chi connectivity index (χ3v) is 4.37. The van der Waals surface area contributed by atoms with Crippen molar-refractivity contribution in [3.8, 4) is 0 Å². The third-order valence-electron chi connectivity index (χ3n) is 3.35. The van der Waals surface area contributed by atoms with Crippen LogP contribution in [0.2, 0.25) is 5.02 Å². The molecule has 2 aromatic rings. The fourth-order valence-electron chi connectivity index (χ4n) is 2.27. The SMILES string of the molecule is CCCNC(Cc1ccc(Cl)c(F)c1)c1ccccc1Br. The van der Waals surface area contributed by atoms with Crippen LogP contribution in [0.1, 0.15) is 30.5 Å². The van der Waals surface area contributed by atoms with E-state index in [2.05, 4.69) is 34.2 Å². The zero-order valence-electron chi connectivity index (χ0n) is 11.9.